The molecular formula is C16H23N3O2. The number of hydrogen-bond donors (Lipinski definition) is 1. The van der Waals surface area contributed by atoms with Crippen molar-refractivity contribution in [3.63, 3.8) is 0 Å². The molecule has 2 aliphatic rings. The molecule has 0 saturated carbocycles. The summed E-state index contributed by atoms with van der Waals surface area (Å²) in [5.74, 6) is 0. The summed E-state index contributed by atoms with van der Waals surface area (Å²) in [6, 6.07) is 7.80. The minimum absolute atomic E-state index is 0.216. The standard InChI is InChI=1S/C16H23N3O2/c1-18-9-6-16(7-10-18)8-11-19(15(20)21-16)14-4-2-13(12-17)3-5-14/h2-5H,6-12,17H2,1H3. The predicted molar refractivity (Wildman–Crippen MR) is 82.2 cm³/mol. The quantitative estimate of drug-likeness (QED) is 0.904. The largest absolute Gasteiger partial charge is 0.442 e. The zero-order chi connectivity index (χ0) is 14.9. The van der Waals surface area contributed by atoms with Crippen molar-refractivity contribution in [1.29, 1.82) is 0 Å². The van der Waals surface area contributed by atoms with Gasteiger partial charge >= 0.3 is 6.09 Å². The minimum Gasteiger partial charge on any atom is -0.442 e. The molecule has 2 aliphatic heterocycles. The number of piperidine rings is 1. The average molecular weight is 289 g/mol. The summed E-state index contributed by atoms with van der Waals surface area (Å²) >= 11 is 0. The van der Waals surface area contributed by atoms with Crippen molar-refractivity contribution in [2.45, 2.75) is 31.4 Å². The van der Waals surface area contributed by atoms with Gasteiger partial charge < -0.3 is 15.4 Å². The lowest BCUT2D eigenvalue weighted by Crippen LogP contribution is -2.54. The summed E-state index contributed by atoms with van der Waals surface area (Å²) in [5, 5.41) is 0. The number of anilines is 1. The first-order chi connectivity index (χ1) is 10.1. The minimum atomic E-state index is -0.239. The molecule has 0 bridgehead atoms. The van der Waals surface area contributed by atoms with Crippen LogP contribution >= 0.6 is 0 Å². The number of hydrogen-bond acceptors (Lipinski definition) is 4. The van der Waals surface area contributed by atoms with Crippen molar-refractivity contribution in [1.82, 2.24) is 4.90 Å². The van der Waals surface area contributed by atoms with Crippen LogP contribution in [0.3, 0.4) is 0 Å². The monoisotopic (exact) mass is 289 g/mol. The molecule has 5 nitrogen and oxygen atoms in total. The summed E-state index contributed by atoms with van der Waals surface area (Å²) in [6.07, 6.45) is 2.57. The molecule has 0 radical (unpaired) electrons. The van der Waals surface area contributed by atoms with E-state index in [0.717, 1.165) is 50.1 Å². The Balaban J connectivity index is 1.69. The van der Waals surface area contributed by atoms with E-state index in [2.05, 4.69) is 11.9 Å². The van der Waals surface area contributed by atoms with Gasteiger partial charge in [-0.25, -0.2) is 4.79 Å². The number of nitrogens with zero attached hydrogens (tertiary/aromatic N) is 2. The Kier molecular flexibility index (Phi) is 3.87. The SMILES string of the molecule is CN1CCC2(CC1)CCN(c1ccc(CN)cc1)C(=O)O2. The van der Waals surface area contributed by atoms with Crippen molar-refractivity contribution in [3.8, 4) is 0 Å². The number of carbonyl (C=O) groups excluding carboxylic acids is 1. The average Bonchev–Trinajstić information content (AvgIpc) is 2.51. The predicted octanol–water partition coefficient (Wildman–Crippen LogP) is 1.96. The van der Waals surface area contributed by atoms with Crippen molar-refractivity contribution in [2.75, 3.05) is 31.6 Å². The van der Waals surface area contributed by atoms with E-state index in [4.69, 9.17) is 10.5 Å². The molecule has 2 fully saturated rings. The third kappa shape index (κ3) is 2.89. The van der Waals surface area contributed by atoms with Crippen LogP contribution in [-0.4, -0.2) is 43.3 Å². The van der Waals surface area contributed by atoms with E-state index in [1.54, 1.807) is 4.90 Å². The van der Waals surface area contributed by atoms with Crippen LogP contribution in [0.25, 0.3) is 0 Å². The first kappa shape index (κ1) is 14.4. The zero-order valence-electron chi connectivity index (χ0n) is 12.5. The molecular weight excluding hydrogens is 266 g/mol. The molecule has 0 atom stereocenters. The van der Waals surface area contributed by atoms with Crippen LogP contribution < -0.4 is 10.6 Å². The molecule has 3 rings (SSSR count). The second-order valence-corrected chi connectivity index (χ2v) is 6.13. The lowest BCUT2D eigenvalue weighted by molar-refractivity contribution is -0.0444. The van der Waals surface area contributed by atoms with Crippen LogP contribution in [0.5, 0.6) is 0 Å². The van der Waals surface area contributed by atoms with Gasteiger partial charge in [-0.3, -0.25) is 4.90 Å². The topological polar surface area (TPSA) is 58.8 Å². The van der Waals surface area contributed by atoms with Crippen LogP contribution in [0.1, 0.15) is 24.8 Å². The van der Waals surface area contributed by atoms with Gasteiger partial charge in [0.1, 0.15) is 5.60 Å². The Morgan fingerprint density at radius 2 is 1.76 bits per heavy atom. The molecule has 114 valence electrons. The fourth-order valence-corrected chi connectivity index (χ4v) is 3.12. The van der Waals surface area contributed by atoms with E-state index in [1.165, 1.54) is 0 Å². The van der Waals surface area contributed by atoms with Crippen LogP contribution in [-0.2, 0) is 11.3 Å². The number of nitrogens with two attached hydrogens (primary N) is 1. The van der Waals surface area contributed by atoms with Gasteiger partial charge in [0.15, 0.2) is 0 Å². The second kappa shape index (κ2) is 5.66. The number of benzene rings is 1. The van der Waals surface area contributed by atoms with Crippen molar-refractivity contribution < 1.29 is 9.53 Å². The fraction of sp³-hybridized carbons (Fsp3) is 0.562. The van der Waals surface area contributed by atoms with Gasteiger partial charge in [0, 0.05) is 51.1 Å². The number of ether oxygens (including phenoxy) is 1. The number of rotatable bonds is 2. The molecule has 2 saturated heterocycles. The van der Waals surface area contributed by atoms with E-state index in [9.17, 15) is 4.79 Å². The van der Waals surface area contributed by atoms with Crippen LogP contribution in [0.2, 0.25) is 0 Å². The number of likely N-dealkylation sites (tertiary alicyclic amines) is 1. The number of carbonyl (C=O) groups is 1. The Morgan fingerprint density at radius 1 is 1.14 bits per heavy atom. The molecule has 0 unspecified atom stereocenters. The van der Waals surface area contributed by atoms with Gasteiger partial charge in [0.25, 0.3) is 0 Å². The Labute approximate surface area is 125 Å². The van der Waals surface area contributed by atoms with Gasteiger partial charge in [-0.1, -0.05) is 12.1 Å². The van der Waals surface area contributed by atoms with E-state index in [1.807, 2.05) is 24.3 Å². The zero-order valence-corrected chi connectivity index (χ0v) is 12.5. The maximum Gasteiger partial charge on any atom is 0.414 e. The maximum atomic E-state index is 12.4. The molecule has 5 heteroatoms. The summed E-state index contributed by atoms with van der Waals surface area (Å²) < 4.78 is 5.82. The van der Waals surface area contributed by atoms with E-state index < -0.39 is 0 Å². The summed E-state index contributed by atoms with van der Waals surface area (Å²) in [6.45, 7) is 3.24. The summed E-state index contributed by atoms with van der Waals surface area (Å²) in [5.41, 5.74) is 7.32. The highest BCUT2D eigenvalue weighted by Crippen LogP contribution is 2.35. The van der Waals surface area contributed by atoms with Gasteiger partial charge in [0.2, 0.25) is 0 Å². The smallest absolute Gasteiger partial charge is 0.414 e. The third-order valence-electron chi connectivity index (χ3n) is 4.70. The van der Waals surface area contributed by atoms with E-state index in [-0.39, 0.29) is 11.7 Å². The van der Waals surface area contributed by atoms with Crippen molar-refractivity contribution in [2.24, 2.45) is 5.73 Å². The van der Waals surface area contributed by atoms with Gasteiger partial charge in [-0.2, -0.15) is 0 Å². The molecule has 0 aromatic heterocycles. The van der Waals surface area contributed by atoms with Crippen LogP contribution in [0, 0.1) is 0 Å². The van der Waals surface area contributed by atoms with Gasteiger partial charge in [0.05, 0.1) is 0 Å². The highest BCUT2D eigenvalue weighted by atomic mass is 16.6. The van der Waals surface area contributed by atoms with Crippen molar-refractivity contribution >= 4 is 11.8 Å². The first-order valence-electron chi connectivity index (χ1n) is 7.60. The molecule has 2 N–H and O–H groups in total. The Bertz CT molecular complexity index is 507. The number of amides is 1. The molecule has 1 aromatic carbocycles. The molecule has 1 spiro atoms. The molecule has 0 aliphatic carbocycles. The molecule has 21 heavy (non-hydrogen) atoms. The summed E-state index contributed by atoms with van der Waals surface area (Å²) in [7, 11) is 2.11. The molecule has 2 heterocycles. The Hall–Kier alpha value is -1.59. The second-order valence-electron chi connectivity index (χ2n) is 6.13. The van der Waals surface area contributed by atoms with Gasteiger partial charge in [-0.05, 0) is 24.7 Å². The van der Waals surface area contributed by atoms with Crippen LogP contribution in [0.15, 0.2) is 24.3 Å². The van der Waals surface area contributed by atoms with Gasteiger partial charge in [-0.15, -0.1) is 0 Å². The lowest BCUT2D eigenvalue weighted by atomic mass is 9.87. The van der Waals surface area contributed by atoms with E-state index >= 15 is 0 Å². The summed E-state index contributed by atoms with van der Waals surface area (Å²) in [4.78, 5) is 16.4. The fourth-order valence-electron chi connectivity index (χ4n) is 3.12. The first-order valence-corrected chi connectivity index (χ1v) is 7.60. The Morgan fingerprint density at radius 3 is 2.33 bits per heavy atom. The highest BCUT2D eigenvalue weighted by molar-refractivity contribution is 5.88. The van der Waals surface area contributed by atoms with E-state index in [0.29, 0.717) is 6.54 Å². The van der Waals surface area contributed by atoms with Crippen molar-refractivity contribution in [3.05, 3.63) is 29.8 Å². The highest BCUT2D eigenvalue weighted by Gasteiger charge is 2.42. The normalized spacial score (nSPS) is 22.4. The maximum absolute atomic E-state index is 12.4. The third-order valence-corrected chi connectivity index (χ3v) is 4.70. The molecule has 1 amide bonds. The lowest BCUT2D eigenvalue weighted by Gasteiger charge is -2.45. The molecule has 1 aromatic rings. The van der Waals surface area contributed by atoms with Crippen LogP contribution in [0.4, 0.5) is 10.5 Å².